The molecule has 0 saturated carbocycles. The molecule has 0 bridgehead atoms. The summed E-state index contributed by atoms with van der Waals surface area (Å²) < 4.78 is 4.88. The molecule has 0 fully saturated rings. The number of rotatable bonds is 8. The number of para-hydroxylation sites is 3. The van der Waals surface area contributed by atoms with Crippen molar-refractivity contribution in [1.29, 1.82) is 0 Å². The van der Waals surface area contributed by atoms with Crippen LogP contribution in [0.5, 0.6) is 0 Å². The lowest BCUT2D eigenvalue weighted by Gasteiger charge is -2.27. The highest BCUT2D eigenvalue weighted by Crippen LogP contribution is 2.46. The number of aromatic nitrogens is 7. The van der Waals surface area contributed by atoms with Crippen LogP contribution in [0.3, 0.4) is 0 Å². The molecule has 9 aromatic carbocycles. The molecule has 0 aliphatic heterocycles. The van der Waals surface area contributed by atoms with E-state index in [-0.39, 0.29) is 43.3 Å². The van der Waals surface area contributed by atoms with Gasteiger partial charge in [0.15, 0.2) is 23.3 Å². The molecule has 13 aromatic rings. The second kappa shape index (κ2) is 24.2. The third-order valence-corrected chi connectivity index (χ3v) is 20.3. The van der Waals surface area contributed by atoms with Crippen LogP contribution in [0.2, 0.25) is 0 Å². The van der Waals surface area contributed by atoms with Crippen LogP contribution >= 0.6 is 0 Å². The lowest BCUT2D eigenvalue weighted by atomic mass is 9.79. The van der Waals surface area contributed by atoms with Gasteiger partial charge in [0.1, 0.15) is 0 Å². The third kappa shape index (κ3) is 13.4. The lowest BCUT2D eigenvalue weighted by Crippen LogP contribution is -2.17. The van der Waals surface area contributed by atoms with Gasteiger partial charge in [0, 0.05) is 60.6 Å². The normalized spacial score (nSPS) is 13.2. The van der Waals surface area contributed by atoms with Crippen LogP contribution < -0.4 is 0 Å². The Balaban J connectivity index is 1.19. The Hall–Kier alpha value is -9.33. The molecule has 13 rings (SSSR count). The average Bonchev–Trinajstić information content (AvgIpc) is 1.54. The Kier molecular flexibility index (Phi) is 16.7. The molecule has 4 heterocycles. The summed E-state index contributed by atoms with van der Waals surface area (Å²) in [5.41, 5.74) is 22.3. The predicted octanol–water partition coefficient (Wildman–Crippen LogP) is 25.2. The Morgan fingerprint density at radius 1 is 0.220 bits per heavy atom. The number of benzene rings is 9. The van der Waals surface area contributed by atoms with Gasteiger partial charge in [0.25, 0.3) is 0 Å². The molecule has 0 radical (unpaired) electrons. The van der Waals surface area contributed by atoms with Crippen LogP contribution in [0.15, 0.2) is 188 Å². The fourth-order valence-corrected chi connectivity index (χ4v) is 13.8. The van der Waals surface area contributed by atoms with E-state index in [0.717, 1.165) is 89.0 Å². The SMILES string of the molecule is CC(C)(C)c1cc(-c2cc(-c3ccc(-n4c5ccccc5c5cc6c7ccccc7n(-c7ccccc7)c6cc54)c(-c4nc(-c5cc(C(C)(C)C)cc(C(C)(C)C)c5)nc(-c5cc(C(C)(C)C)cc(C(C)(C)C)c5)n4)c3)nc(-c3cc(C(C)(C)C)cc(C(C)(C)C)c3)n2)cc(C(C)(C)C)c1. The van der Waals surface area contributed by atoms with E-state index >= 15 is 0 Å². The summed E-state index contributed by atoms with van der Waals surface area (Å²) >= 11 is 0. The van der Waals surface area contributed by atoms with Crippen molar-refractivity contribution < 1.29 is 0 Å². The third-order valence-electron chi connectivity index (χ3n) is 20.3. The maximum atomic E-state index is 5.87. The Morgan fingerprint density at radius 3 is 0.930 bits per heavy atom. The van der Waals surface area contributed by atoms with E-state index < -0.39 is 0 Å². The highest BCUT2D eigenvalue weighted by atomic mass is 15.1. The van der Waals surface area contributed by atoms with Gasteiger partial charge in [0.05, 0.1) is 39.1 Å². The van der Waals surface area contributed by atoms with Crippen molar-refractivity contribution in [3.05, 3.63) is 233 Å². The first-order valence-corrected chi connectivity index (χ1v) is 36.0. The van der Waals surface area contributed by atoms with Crippen molar-refractivity contribution >= 4 is 43.6 Å². The first-order valence-electron chi connectivity index (χ1n) is 36.0. The van der Waals surface area contributed by atoms with Crippen LogP contribution in [-0.2, 0) is 43.3 Å². The number of fused-ring (bicyclic) bond motifs is 6. The molecule has 7 nitrogen and oxygen atoms in total. The predicted molar refractivity (Wildman–Crippen MR) is 426 cm³/mol. The van der Waals surface area contributed by atoms with Gasteiger partial charge in [0.2, 0.25) is 0 Å². The minimum atomic E-state index is -0.174. The zero-order valence-corrected chi connectivity index (χ0v) is 64.0. The summed E-state index contributed by atoms with van der Waals surface area (Å²) in [6.45, 7) is 55.2. The quantitative estimate of drug-likeness (QED) is 0.152. The zero-order chi connectivity index (χ0) is 71.9. The largest absolute Gasteiger partial charge is 0.309 e. The van der Waals surface area contributed by atoms with Crippen LogP contribution in [0.1, 0.15) is 211 Å². The molecule has 0 aliphatic rings. The van der Waals surface area contributed by atoms with Crippen LogP contribution in [0.25, 0.3) is 123 Å². The van der Waals surface area contributed by atoms with Crippen LogP contribution in [-0.4, -0.2) is 34.1 Å². The molecule has 0 atom stereocenters. The molecule has 7 heteroatoms. The highest BCUT2D eigenvalue weighted by Gasteiger charge is 2.30. The second-order valence-electron chi connectivity index (χ2n) is 36.6. The first kappa shape index (κ1) is 69.2. The van der Waals surface area contributed by atoms with Gasteiger partial charge < -0.3 is 9.13 Å². The van der Waals surface area contributed by atoms with E-state index in [1.807, 2.05) is 0 Å². The summed E-state index contributed by atoms with van der Waals surface area (Å²) in [6, 6.07) is 70.5. The minimum Gasteiger partial charge on any atom is -0.309 e. The molecule has 100 heavy (non-hydrogen) atoms. The van der Waals surface area contributed by atoms with E-state index in [1.54, 1.807) is 0 Å². The van der Waals surface area contributed by atoms with Gasteiger partial charge in [-0.05, 0) is 191 Å². The summed E-state index contributed by atoms with van der Waals surface area (Å²) in [6.07, 6.45) is 0. The zero-order valence-electron chi connectivity index (χ0n) is 64.0. The fourth-order valence-electron chi connectivity index (χ4n) is 13.8. The van der Waals surface area contributed by atoms with E-state index in [9.17, 15) is 0 Å². The summed E-state index contributed by atoms with van der Waals surface area (Å²) in [5.74, 6) is 2.43. The van der Waals surface area contributed by atoms with E-state index in [1.165, 1.54) is 55.3 Å². The van der Waals surface area contributed by atoms with Crippen LogP contribution in [0.4, 0.5) is 0 Å². The maximum absolute atomic E-state index is 5.87. The smallest absolute Gasteiger partial charge is 0.166 e. The minimum absolute atomic E-state index is 0.133. The van der Waals surface area contributed by atoms with Gasteiger partial charge in [-0.25, -0.2) is 24.9 Å². The van der Waals surface area contributed by atoms with Gasteiger partial charge in [-0.1, -0.05) is 251 Å². The average molecular weight is 1320 g/mol. The van der Waals surface area contributed by atoms with Gasteiger partial charge in [-0.2, -0.15) is 0 Å². The molecule has 0 saturated heterocycles. The molecule has 0 spiro atoms. The van der Waals surface area contributed by atoms with E-state index in [4.69, 9.17) is 24.9 Å². The summed E-state index contributed by atoms with van der Waals surface area (Å²) in [4.78, 5) is 28.9. The van der Waals surface area contributed by atoms with Gasteiger partial charge in [-0.15, -0.1) is 0 Å². The molecule has 0 unspecified atom stereocenters. The molecule has 4 aromatic heterocycles. The summed E-state index contributed by atoms with van der Waals surface area (Å²) in [5, 5.41) is 4.69. The number of hydrogen-bond donors (Lipinski definition) is 0. The van der Waals surface area contributed by atoms with Crippen LogP contribution in [0, 0.1) is 0 Å². The highest BCUT2D eigenvalue weighted by molar-refractivity contribution is 6.19. The molecular formula is C93H103N7. The fraction of sp³-hybridized carbons (Fsp3) is 0.344. The standard InChI is InChI=1S/C93H103N7/c1-86(2,3)61-40-57(41-62(49-61)87(4,5)6)76-54-75(94-82(95-76)58-42-63(88(7,8)9)50-64(43-58)89(10,11)12)56-38-39-79(100-78-37-31-29-35-71(78)73-53-72-70-34-28-30-36-77(70)99(80(72)55-81(73)100)69-32-26-25-27-33-69)74(48-56)85-97-83(59-44-65(90(13,14)15)51-66(45-59)91(16,17)18)96-84(98-85)60-46-67(92(19,20)21)52-68(47-60)93(22,23)24/h25-55H,1-24H3. The van der Waals surface area contributed by atoms with E-state index in [2.05, 4.69) is 363 Å². The lowest BCUT2D eigenvalue weighted by molar-refractivity contribution is 0.568. The molecular weight excluding hydrogens is 1220 g/mol. The van der Waals surface area contributed by atoms with Crippen molar-refractivity contribution in [2.24, 2.45) is 0 Å². The van der Waals surface area contributed by atoms with Crippen molar-refractivity contribution in [2.45, 2.75) is 209 Å². The van der Waals surface area contributed by atoms with Gasteiger partial charge >= 0.3 is 0 Å². The van der Waals surface area contributed by atoms with Crippen molar-refractivity contribution in [3.63, 3.8) is 0 Å². The summed E-state index contributed by atoms with van der Waals surface area (Å²) in [7, 11) is 0. The molecule has 0 aliphatic carbocycles. The Morgan fingerprint density at radius 2 is 0.540 bits per heavy atom. The topological polar surface area (TPSA) is 74.3 Å². The monoisotopic (exact) mass is 1320 g/mol. The number of nitrogens with zero attached hydrogens (tertiary/aromatic N) is 7. The van der Waals surface area contributed by atoms with Gasteiger partial charge in [-0.3, -0.25) is 0 Å². The molecule has 0 N–H and O–H groups in total. The maximum Gasteiger partial charge on any atom is 0.166 e. The van der Waals surface area contributed by atoms with Crippen molar-refractivity contribution in [3.8, 4) is 79.4 Å². The Bertz CT molecular complexity index is 5040. The number of hydrogen-bond acceptors (Lipinski definition) is 5. The van der Waals surface area contributed by atoms with E-state index in [0.29, 0.717) is 23.3 Å². The Labute approximate surface area is 595 Å². The van der Waals surface area contributed by atoms with Crippen molar-refractivity contribution in [2.75, 3.05) is 0 Å². The molecule has 0 amide bonds. The second-order valence-corrected chi connectivity index (χ2v) is 36.6. The molecule has 510 valence electrons. The van der Waals surface area contributed by atoms with Crippen molar-refractivity contribution in [1.82, 2.24) is 34.1 Å². The first-order chi connectivity index (χ1) is 46.6.